The highest BCUT2D eigenvalue weighted by Gasteiger charge is 2.24. The van der Waals surface area contributed by atoms with Crippen molar-refractivity contribution in [2.45, 2.75) is 45.8 Å². The summed E-state index contributed by atoms with van der Waals surface area (Å²) >= 11 is 0. The summed E-state index contributed by atoms with van der Waals surface area (Å²) in [5.74, 6) is 0.415. The third kappa shape index (κ3) is 6.07. The number of ketones is 1. The molecule has 2 aromatic carbocycles. The fourth-order valence-corrected chi connectivity index (χ4v) is 4.73. The summed E-state index contributed by atoms with van der Waals surface area (Å²) in [7, 11) is 1.63. The van der Waals surface area contributed by atoms with E-state index in [0.29, 0.717) is 44.0 Å². The van der Waals surface area contributed by atoms with Crippen molar-refractivity contribution >= 4 is 22.6 Å². The molecule has 7 nitrogen and oxygen atoms in total. The lowest BCUT2D eigenvalue weighted by atomic mass is 9.96. The molecule has 1 amide bonds. The van der Waals surface area contributed by atoms with Crippen molar-refractivity contribution in [3.8, 4) is 5.75 Å². The quantitative estimate of drug-likeness (QED) is 0.286. The fourth-order valence-electron chi connectivity index (χ4n) is 4.73. The van der Waals surface area contributed by atoms with Gasteiger partial charge in [0.2, 0.25) is 0 Å². The number of hydrogen-bond acceptors (Lipinski definition) is 5. The molecule has 0 spiro atoms. The molecule has 1 saturated heterocycles. The predicted molar refractivity (Wildman–Crippen MR) is 132 cm³/mol. The Labute approximate surface area is 209 Å². The SMILES string of the molecule is COCCCC(=O)c1ccc2nn(CC3CCN(C(=O)c4ccc(OC(F)F)cc4)CC3)cc2c1C. The maximum Gasteiger partial charge on any atom is 0.387 e. The number of aromatic nitrogens is 2. The first-order valence-corrected chi connectivity index (χ1v) is 12.2. The minimum atomic E-state index is -2.89. The lowest BCUT2D eigenvalue weighted by Gasteiger charge is -2.32. The van der Waals surface area contributed by atoms with Gasteiger partial charge < -0.3 is 14.4 Å². The number of nitrogens with zero attached hydrogens (tertiary/aromatic N) is 3. The van der Waals surface area contributed by atoms with Gasteiger partial charge in [-0.3, -0.25) is 14.3 Å². The van der Waals surface area contributed by atoms with Gasteiger partial charge in [-0.05, 0) is 74.1 Å². The minimum absolute atomic E-state index is 0.0321. The van der Waals surface area contributed by atoms with Crippen LogP contribution in [-0.2, 0) is 11.3 Å². The van der Waals surface area contributed by atoms with Gasteiger partial charge in [0.15, 0.2) is 5.78 Å². The van der Waals surface area contributed by atoms with Crippen LogP contribution < -0.4 is 4.74 Å². The summed E-state index contributed by atoms with van der Waals surface area (Å²) in [5.41, 5.74) is 3.01. The molecule has 0 aliphatic carbocycles. The number of rotatable bonds is 10. The molecular weight excluding hydrogens is 468 g/mol. The molecule has 1 fully saturated rings. The van der Waals surface area contributed by atoms with E-state index >= 15 is 0 Å². The average molecular weight is 500 g/mol. The van der Waals surface area contributed by atoms with Gasteiger partial charge in [-0.15, -0.1) is 0 Å². The summed E-state index contributed by atoms with van der Waals surface area (Å²) in [4.78, 5) is 27.2. The van der Waals surface area contributed by atoms with Gasteiger partial charge in [0.1, 0.15) is 5.75 Å². The molecule has 4 rings (SSSR count). The number of carbonyl (C=O) groups is 2. The molecule has 0 unspecified atom stereocenters. The van der Waals surface area contributed by atoms with Crippen molar-refractivity contribution in [1.82, 2.24) is 14.7 Å². The smallest absolute Gasteiger partial charge is 0.387 e. The number of hydrogen-bond donors (Lipinski definition) is 0. The van der Waals surface area contributed by atoms with Crippen LogP contribution >= 0.6 is 0 Å². The number of ether oxygens (including phenoxy) is 2. The van der Waals surface area contributed by atoms with E-state index in [4.69, 9.17) is 9.84 Å². The van der Waals surface area contributed by atoms with Crippen LogP contribution in [0.15, 0.2) is 42.6 Å². The molecular formula is C27H31F2N3O4. The molecule has 2 heterocycles. The molecule has 0 bridgehead atoms. The molecule has 36 heavy (non-hydrogen) atoms. The Kier molecular flexibility index (Phi) is 8.30. The van der Waals surface area contributed by atoms with E-state index in [1.807, 2.05) is 29.9 Å². The molecule has 3 aromatic rings. The first-order chi connectivity index (χ1) is 17.4. The van der Waals surface area contributed by atoms with Crippen LogP contribution in [0.25, 0.3) is 10.9 Å². The number of halogens is 2. The zero-order valence-corrected chi connectivity index (χ0v) is 20.6. The largest absolute Gasteiger partial charge is 0.435 e. The zero-order chi connectivity index (χ0) is 25.7. The average Bonchev–Trinajstić information content (AvgIpc) is 3.28. The van der Waals surface area contributed by atoms with Gasteiger partial charge >= 0.3 is 6.61 Å². The highest BCUT2D eigenvalue weighted by Crippen LogP contribution is 2.25. The molecule has 1 aliphatic heterocycles. The molecule has 0 N–H and O–H groups in total. The molecule has 192 valence electrons. The highest BCUT2D eigenvalue weighted by molar-refractivity contribution is 6.01. The number of piperidine rings is 1. The van der Waals surface area contributed by atoms with Gasteiger partial charge in [0.25, 0.3) is 5.91 Å². The topological polar surface area (TPSA) is 73.7 Å². The molecule has 1 aromatic heterocycles. The maximum atomic E-state index is 12.8. The maximum absolute atomic E-state index is 12.8. The Morgan fingerprint density at radius 3 is 2.50 bits per heavy atom. The Bertz CT molecular complexity index is 1200. The zero-order valence-electron chi connectivity index (χ0n) is 20.6. The van der Waals surface area contributed by atoms with E-state index in [2.05, 4.69) is 4.74 Å². The Hall–Kier alpha value is -3.33. The lowest BCUT2D eigenvalue weighted by Crippen LogP contribution is -2.39. The highest BCUT2D eigenvalue weighted by atomic mass is 19.3. The minimum Gasteiger partial charge on any atom is -0.435 e. The predicted octanol–water partition coefficient (Wildman–Crippen LogP) is 5.11. The van der Waals surface area contributed by atoms with Crippen LogP contribution in [0.3, 0.4) is 0 Å². The summed E-state index contributed by atoms with van der Waals surface area (Å²) in [6, 6.07) is 9.56. The van der Waals surface area contributed by atoms with Crippen molar-refractivity contribution in [3.63, 3.8) is 0 Å². The van der Waals surface area contributed by atoms with Crippen LogP contribution in [0, 0.1) is 12.8 Å². The fraction of sp³-hybridized carbons (Fsp3) is 0.444. The molecule has 1 aliphatic rings. The molecule has 0 atom stereocenters. The molecule has 9 heteroatoms. The van der Waals surface area contributed by atoms with E-state index < -0.39 is 6.61 Å². The van der Waals surface area contributed by atoms with Crippen LogP contribution in [0.5, 0.6) is 5.75 Å². The Balaban J connectivity index is 1.34. The second kappa shape index (κ2) is 11.6. The van der Waals surface area contributed by atoms with Gasteiger partial charge in [-0.2, -0.15) is 13.9 Å². The van der Waals surface area contributed by atoms with E-state index in [1.54, 1.807) is 12.0 Å². The van der Waals surface area contributed by atoms with Crippen LogP contribution in [0.1, 0.15) is 52.0 Å². The van der Waals surface area contributed by atoms with Crippen LogP contribution in [-0.4, -0.2) is 59.8 Å². The Morgan fingerprint density at radius 1 is 1.11 bits per heavy atom. The second-order valence-corrected chi connectivity index (χ2v) is 9.18. The summed E-state index contributed by atoms with van der Waals surface area (Å²) in [5, 5.41) is 5.70. The third-order valence-corrected chi connectivity index (χ3v) is 6.73. The van der Waals surface area contributed by atoms with Gasteiger partial charge in [-0.25, -0.2) is 0 Å². The summed E-state index contributed by atoms with van der Waals surface area (Å²) in [6.45, 7) is 1.63. The monoisotopic (exact) mass is 499 g/mol. The van der Waals surface area contributed by atoms with Crippen molar-refractivity contribution in [2.75, 3.05) is 26.8 Å². The summed E-state index contributed by atoms with van der Waals surface area (Å²) < 4.78 is 36.0. The number of likely N-dealkylation sites (tertiary alicyclic amines) is 1. The van der Waals surface area contributed by atoms with Gasteiger partial charge in [0.05, 0.1) is 5.52 Å². The summed E-state index contributed by atoms with van der Waals surface area (Å²) in [6.07, 6.45) is 4.86. The number of fused-ring (bicyclic) bond motifs is 1. The first kappa shape index (κ1) is 25.8. The third-order valence-electron chi connectivity index (χ3n) is 6.73. The number of aryl methyl sites for hydroxylation is 1. The van der Waals surface area contributed by atoms with Crippen molar-refractivity contribution in [2.24, 2.45) is 5.92 Å². The number of benzene rings is 2. The van der Waals surface area contributed by atoms with Gasteiger partial charge in [0, 0.05) is 62.5 Å². The number of alkyl halides is 2. The second-order valence-electron chi connectivity index (χ2n) is 9.18. The van der Waals surface area contributed by atoms with Gasteiger partial charge in [-0.1, -0.05) is 0 Å². The Morgan fingerprint density at radius 2 is 1.83 bits per heavy atom. The van der Waals surface area contributed by atoms with E-state index in [9.17, 15) is 18.4 Å². The van der Waals surface area contributed by atoms with Crippen LogP contribution in [0.2, 0.25) is 0 Å². The van der Waals surface area contributed by atoms with E-state index in [1.165, 1.54) is 24.3 Å². The van der Waals surface area contributed by atoms with Crippen LogP contribution in [0.4, 0.5) is 8.78 Å². The number of Topliss-reactive ketones (excluding diaryl/α,β-unsaturated/α-hetero) is 1. The number of methoxy groups -OCH3 is 1. The van der Waals surface area contributed by atoms with Crippen molar-refractivity contribution in [1.29, 1.82) is 0 Å². The van der Waals surface area contributed by atoms with Crippen molar-refractivity contribution < 1.29 is 27.8 Å². The van der Waals surface area contributed by atoms with E-state index in [0.717, 1.165) is 41.4 Å². The lowest BCUT2D eigenvalue weighted by molar-refractivity contribution is -0.0498. The standard InChI is InChI=1S/C27H31F2N3O4/c1-18-22(25(33)4-3-15-35-2)9-10-24-23(18)17-32(30-24)16-19-11-13-31(14-12-19)26(34)20-5-7-21(8-6-20)36-27(28)29/h5-10,17,19,27H,3-4,11-16H2,1-2H3. The molecule has 0 radical (unpaired) electrons. The van der Waals surface area contributed by atoms with Crippen molar-refractivity contribution in [3.05, 3.63) is 59.3 Å². The van der Waals surface area contributed by atoms with E-state index in [-0.39, 0.29) is 17.4 Å². The molecule has 0 saturated carbocycles. The first-order valence-electron chi connectivity index (χ1n) is 12.2. The number of carbonyl (C=O) groups excluding carboxylic acids is 2. The normalized spacial score (nSPS) is 14.5. The number of amides is 1.